The molecule has 0 amide bonds. The van der Waals surface area contributed by atoms with Crippen molar-refractivity contribution in [2.75, 3.05) is 39.3 Å². The third-order valence-electron chi connectivity index (χ3n) is 4.29. The van der Waals surface area contributed by atoms with Crippen molar-refractivity contribution in [3.63, 3.8) is 0 Å². The van der Waals surface area contributed by atoms with Crippen LogP contribution in [0.2, 0.25) is 0 Å². The van der Waals surface area contributed by atoms with E-state index in [9.17, 15) is 4.79 Å². The number of nitrogens with zero attached hydrogens (tertiary/aromatic N) is 2. The van der Waals surface area contributed by atoms with Gasteiger partial charge in [-0.05, 0) is 32.2 Å². The maximum atomic E-state index is 10.8. The van der Waals surface area contributed by atoms with Crippen LogP contribution in [-0.2, 0) is 9.53 Å². The molecule has 0 aromatic carbocycles. The van der Waals surface area contributed by atoms with Crippen LogP contribution in [0.15, 0.2) is 0 Å². The second kappa shape index (κ2) is 7.22. The van der Waals surface area contributed by atoms with Crippen molar-refractivity contribution in [1.29, 1.82) is 0 Å². The van der Waals surface area contributed by atoms with E-state index in [1.54, 1.807) is 0 Å². The van der Waals surface area contributed by atoms with Crippen molar-refractivity contribution in [3.05, 3.63) is 0 Å². The minimum absolute atomic E-state index is 0.180. The molecule has 2 saturated heterocycles. The van der Waals surface area contributed by atoms with Gasteiger partial charge in [0, 0.05) is 32.3 Å². The highest BCUT2D eigenvalue weighted by molar-refractivity contribution is 5.69. The van der Waals surface area contributed by atoms with Gasteiger partial charge in [0.2, 0.25) is 0 Å². The van der Waals surface area contributed by atoms with Gasteiger partial charge < -0.3 is 9.84 Å². The summed E-state index contributed by atoms with van der Waals surface area (Å²) in [6, 6.07) is 0.628. The molecule has 2 rings (SSSR count). The van der Waals surface area contributed by atoms with Crippen LogP contribution >= 0.6 is 0 Å². The van der Waals surface area contributed by atoms with E-state index in [0.717, 1.165) is 58.5 Å². The summed E-state index contributed by atoms with van der Waals surface area (Å²) in [6.07, 6.45) is 4.83. The standard InChI is InChI=1S/C14H26N2O3/c1-2-13-10-12(4-9-19-13)16-6-3-5-15(7-8-16)11-14(17)18/h12-13H,2-11H2,1H3,(H,17,18). The number of aliphatic carboxylic acids is 1. The zero-order valence-corrected chi connectivity index (χ0v) is 11.9. The Morgan fingerprint density at radius 1 is 1.32 bits per heavy atom. The number of carboxylic acids is 1. The number of rotatable bonds is 4. The van der Waals surface area contributed by atoms with Crippen molar-refractivity contribution in [2.45, 2.75) is 44.8 Å². The van der Waals surface area contributed by atoms with Crippen LogP contribution in [-0.4, -0.2) is 72.4 Å². The summed E-state index contributed by atoms with van der Waals surface area (Å²) in [5, 5.41) is 8.87. The molecule has 2 aliphatic rings. The van der Waals surface area contributed by atoms with Crippen molar-refractivity contribution in [2.24, 2.45) is 0 Å². The lowest BCUT2D eigenvalue weighted by molar-refractivity contribution is -0.138. The zero-order valence-electron chi connectivity index (χ0n) is 11.9. The van der Waals surface area contributed by atoms with Gasteiger partial charge in [0.05, 0.1) is 12.6 Å². The summed E-state index contributed by atoms with van der Waals surface area (Å²) in [7, 11) is 0. The lowest BCUT2D eigenvalue weighted by Gasteiger charge is -2.36. The fraction of sp³-hybridized carbons (Fsp3) is 0.929. The smallest absolute Gasteiger partial charge is 0.317 e. The van der Waals surface area contributed by atoms with Crippen LogP contribution in [0, 0.1) is 0 Å². The molecule has 2 aliphatic heterocycles. The molecule has 1 N–H and O–H groups in total. The molecular weight excluding hydrogens is 244 g/mol. The van der Waals surface area contributed by atoms with Gasteiger partial charge in [-0.25, -0.2) is 0 Å². The van der Waals surface area contributed by atoms with Gasteiger partial charge in [0.1, 0.15) is 0 Å². The molecule has 2 atom stereocenters. The molecule has 0 saturated carbocycles. The van der Waals surface area contributed by atoms with Crippen LogP contribution in [0.3, 0.4) is 0 Å². The van der Waals surface area contributed by atoms with Crippen molar-refractivity contribution >= 4 is 5.97 Å². The second-order valence-corrected chi connectivity index (χ2v) is 5.64. The Morgan fingerprint density at radius 2 is 2.16 bits per heavy atom. The van der Waals surface area contributed by atoms with E-state index in [1.807, 2.05) is 0 Å². The molecule has 0 radical (unpaired) electrons. The number of ether oxygens (including phenoxy) is 1. The van der Waals surface area contributed by atoms with E-state index in [0.29, 0.717) is 12.1 Å². The molecule has 5 nitrogen and oxygen atoms in total. The summed E-state index contributed by atoms with van der Waals surface area (Å²) in [6.45, 7) is 7.11. The Hall–Kier alpha value is -0.650. The lowest BCUT2D eigenvalue weighted by atomic mass is 10.00. The van der Waals surface area contributed by atoms with E-state index >= 15 is 0 Å². The van der Waals surface area contributed by atoms with E-state index in [4.69, 9.17) is 9.84 Å². The Morgan fingerprint density at radius 3 is 2.89 bits per heavy atom. The number of carbonyl (C=O) groups is 1. The van der Waals surface area contributed by atoms with E-state index in [-0.39, 0.29) is 6.54 Å². The minimum Gasteiger partial charge on any atom is -0.480 e. The first-order chi connectivity index (χ1) is 9.19. The lowest BCUT2D eigenvalue weighted by Crippen LogP contribution is -2.44. The number of hydrogen-bond acceptors (Lipinski definition) is 4. The quantitative estimate of drug-likeness (QED) is 0.827. The van der Waals surface area contributed by atoms with Gasteiger partial charge in [-0.15, -0.1) is 0 Å². The molecular formula is C14H26N2O3. The first kappa shape index (κ1) is 14.8. The fourth-order valence-corrected chi connectivity index (χ4v) is 3.18. The average Bonchev–Trinajstić information content (AvgIpc) is 2.64. The molecule has 2 unspecified atom stereocenters. The predicted octanol–water partition coefficient (Wildman–Crippen LogP) is 1.04. The molecule has 110 valence electrons. The van der Waals surface area contributed by atoms with Gasteiger partial charge in [-0.3, -0.25) is 14.6 Å². The molecule has 0 aliphatic carbocycles. The van der Waals surface area contributed by atoms with Crippen LogP contribution in [0.1, 0.15) is 32.6 Å². The molecule has 0 bridgehead atoms. The van der Waals surface area contributed by atoms with Gasteiger partial charge in [-0.1, -0.05) is 6.92 Å². The zero-order chi connectivity index (χ0) is 13.7. The summed E-state index contributed by atoms with van der Waals surface area (Å²) < 4.78 is 5.74. The maximum Gasteiger partial charge on any atom is 0.317 e. The van der Waals surface area contributed by atoms with Gasteiger partial charge in [0.25, 0.3) is 0 Å². The van der Waals surface area contributed by atoms with E-state index in [1.165, 1.54) is 0 Å². The van der Waals surface area contributed by atoms with Crippen LogP contribution in [0.5, 0.6) is 0 Å². The maximum absolute atomic E-state index is 10.8. The topological polar surface area (TPSA) is 53.0 Å². The molecule has 0 aromatic rings. The van der Waals surface area contributed by atoms with Crippen molar-refractivity contribution < 1.29 is 14.6 Å². The minimum atomic E-state index is -0.717. The normalized spacial score (nSPS) is 31.0. The third-order valence-corrected chi connectivity index (χ3v) is 4.29. The van der Waals surface area contributed by atoms with Crippen molar-refractivity contribution in [1.82, 2.24) is 9.80 Å². The highest BCUT2D eigenvalue weighted by Crippen LogP contribution is 2.22. The highest BCUT2D eigenvalue weighted by atomic mass is 16.5. The Labute approximate surface area is 115 Å². The number of hydrogen-bond donors (Lipinski definition) is 1. The van der Waals surface area contributed by atoms with Crippen molar-refractivity contribution in [3.8, 4) is 0 Å². The second-order valence-electron chi connectivity index (χ2n) is 5.64. The molecule has 19 heavy (non-hydrogen) atoms. The first-order valence-corrected chi connectivity index (χ1v) is 7.49. The Bertz CT molecular complexity index is 298. The molecule has 5 heteroatoms. The monoisotopic (exact) mass is 270 g/mol. The first-order valence-electron chi connectivity index (χ1n) is 7.49. The van der Waals surface area contributed by atoms with E-state index < -0.39 is 5.97 Å². The van der Waals surface area contributed by atoms with Crippen LogP contribution < -0.4 is 0 Å². The molecule has 0 aromatic heterocycles. The summed E-state index contributed by atoms with van der Waals surface area (Å²) in [4.78, 5) is 15.4. The van der Waals surface area contributed by atoms with Crippen LogP contribution in [0.4, 0.5) is 0 Å². The predicted molar refractivity (Wildman–Crippen MR) is 73.3 cm³/mol. The largest absolute Gasteiger partial charge is 0.480 e. The summed E-state index contributed by atoms with van der Waals surface area (Å²) in [5.41, 5.74) is 0. The SMILES string of the molecule is CCC1CC(N2CCCN(CC(=O)O)CC2)CCO1. The van der Waals surface area contributed by atoms with E-state index in [2.05, 4.69) is 16.7 Å². The molecule has 2 fully saturated rings. The summed E-state index contributed by atoms with van der Waals surface area (Å²) in [5.74, 6) is -0.717. The van der Waals surface area contributed by atoms with Crippen LogP contribution in [0.25, 0.3) is 0 Å². The fourth-order valence-electron chi connectivity index (χ4n) is 3.18. The molecule has 0 spiro atoms. The van der Waals surface area contributed by atoms with Gasteiger partial charge >= 0.3 is 5.97 Å². The molecule has 2 heterocycles. The number of carboxylic acid groups (broad SMARTS) is 1. The van der Waals surface area contributed by atoms with Gasteiger partial charge in [0.15, 0.2) is 0 Å². The Balaban J connectivity index is 1.83. The highest BCUT2D eigenvalue weighted by Gasteiger charge is 2.28. The summed E-state index contributed by atoms with van der Waals surface area (Å²) >= 11 is 0. The van der Waals surface area contributed by atoms with Gasteiger partial charge in [-0.2, -0.15) is 0 Å². The third kappa shape index (κ3) is 4.44. The Kier molecular flexibility index (Phi) is 5.60. The average molecular weight is 270 g/mol.